The van der Waals surface area contributed by atoms with Gasteiger partial charge in [-0.2, -0.15) is 5.26 Å². The molecule has 0 radical (unpaired) electrons. The van der Waals surface area contributed by atoms with E-state index in [2.05, 4.69) is 25.8 Å². The molecule has 4 rings (SSSR count). The fourth-order valence-corrected chi connectivity index (χ4v) is 4.61. The summed E-state index contributed by atoms with van der Waals surface area (Å²) in [6.07, 6.45) is 5.79. The molecule has 0 spiro atoms. The minimum absolute atomic E-state index is 0.00609. The monoisotopic (exact) mass is 382 g/mol. The number of hydrogen-bond acceptors (Lipinski definition) is 6. The van der Waals surface area contributed by atoms with Gasteiger partial charge in [0.2, 0.25) is 0 Å². The summed E-state index contributed by atoms with van der Waals surface area (Å²) < 4.78 is 14.8. The number of nitrogens with two attached hydrogens (primary N) is 1. The molecule has 2 N–H and O–H groups in total. The lowest BCUT2D eigenvalue weighted by atomic mass is 9.93. The lowest BCUT2D eigenvalue weighted by Crippen LogP contribution is -2.39. The molecule has 1 aromatic heterocycles. The highest BCUT2D eigenvalue weighted by molar-refractivity contribution is 5.92. The van der Waals surface area contributed by atoms with Gasteiger partial charge in [-0.15, -0.1) is 0 Å². The molecule has 2 aliphatic rings. The number of aromatic nitrogens is 2. The number of nitrogens with zero attached hydrogens (tertiary/aromatic N) is 5. The number of likely N-dealkylation sites (tertiary alicyclic amines) is 1. The van der Waals surface area contributed by atoms with Gasteiger partial charge in [0.1, 0.15) is 23.3 Å². The average Bonchev–Trinajstić information content (AvgIpc) is 3.09. The van der Waals surface area contributed by atoms with Gasteiger partial charge < -0.3 is 15.5 Å². The first-order valence-corrected chi connectivity index (χ1v) is 10.1. The molecule has 1 aromatic carbocycles. The molecule has 6 nitrogen and oxygen atoms in total. The van der Waals surface area contributed by atoms with E-state index in [9.17, 15) is 9.65 Å². The van der Waals surface area contributed by atoms with Crippen molar-refractivity contribution >= 4 is 16.7 Å². The maximum absolute atomic E-state index is 14.8. The molecule has 0 amide bonds. The Labute approximate surface area is 165 Å². The van der Waals surface area contributed by atoms with Crippen LogP contribution in [0.25, 0.3) is 11.0 Å². The van der Waals surface area contributed by atoms with Crippen LogP contribution in [0.3, 0.4) is 0 Å². The molecule has 3 heterocycles. The number of benzene rings is 1. The molecule has 0 saturated carbocycles. The Morgan fingerprint density at radius 2 is 1.89 bits per heavy atom. The molecule has 2 saturated heterocycles. The second-order valence-electron chi connectivity index (χ2n) is 8.00. The third-order valence-electron chi connectivity index (χ3n) is 6.20. The Hall–Kier alpha value is -2.30. The van der Waals surface area contributed by atoms with E-state index >= 15 is 0 Å². The highest BCUT2D eigenvalue weighted by atomic mass is 19.1. The molecule has 7 heteroatoms. The largest absolute Gasteiger partial charge is 0.366 e. The summed E-state index contributed by atoms with van der Waals surface area (Å²) in [7, 11) is 0. The van der Waals surface area contributed by atoms with Crippen molar-refractivity contribution in [3.8, 4) is 6.07 Å². The van der Waals surface area contributed by atoms with Crippen LogP contribution < -0.4 is 10.6 Å². The predicted octanol–water partition coefficient (Wildman–Crippen LogP) is 2.34. The summed E-state index contributed by atoms with van der Waals surface area (Å²) in [5.41, 5.74) is 8.31. The Balaban J connectivity index is 1.45. The van der Waals surface area contributed by atoms with Crippen molar-refractivity contribution < 1.29 is 4.39 Å². The maximum atomic E-state index is 14.8. The van der Waals surface area contributed by atoms with Gasteiger partial charge in [-0.25, -0.2) is 4.39 Å². The Kier molecular flexibility index (Phi) is 5.69. The number of piperidine rings is 1. The van der Waals surface area contributed by atoms with E-state index in [4.69, 9.17) is 5.73 Å². The lowest BCUT2D eigenvalue weighted by Gasteiger charge is -2.33. The molecule has 2 atom stereocenters. The topological polar surface area (TPSA) is 82.1 Å². The molecule has 0 bridgehead atoms. The van der Waals surface area contributed by atoms with Crippen molar-refractivity contribution in [3.05, 3.63) is 30.1 Å². The molecule has 148 valence electrons. The molecule has 0 aliphatic carbocycles. The van der Waals surface area contributed by atoms with Crippen LogP contribution in [0.1, 0.15) is 24.8 Å². The summed E-state index contributed by atoms with van der Waals surface area (Å²) in [6.45, 7) is 4.68. The van der Waals surface area contributed by atoms with E-state index in [-0.39, 0.29) is 5.92 Å². The molecule has 2 fully saturated rings. The molecule has 2 aromatic rings. The molecule has 1 unspecified atom stereocenters. The van der Waals surface area contributed by atoms with Crippen molar-refractivity contribution in [1.29, 1.82) is 5.26 Å². The molecule has 28 heavy (non-hydrogen) atoms. The average molecular weight is 382 g/mol. The zero-order chi connectivity index (χ0) is 19.5. The van der Waals surface area contributed by atoms with Gasteiger partial charge >= 0.3 is 0 Å². The van der Waals surface area contributed by atoms with E-state index in [1.165, 1.54) is 12.8 Å². The first-order valence-electron chi connectivity index (χ1n) is 10.1. The standard InChI is InChI=1S/C21H27FN6/c22-18-14-28(13-17(18)12-27-9-4-15(3-6-23)5-10-27)19-2-1-16(11-24)20-21(19)26-8-7-25-20/h1-2,7-8,15,17-18H,3-6,9-10,12-14,23H2/t17-,18?/m0/s1. The summed E-state index contributed by atoms with van der Waals surface area (Å²) >= 11 is 0. The van der Waals surface area contributed by atoms with Gasteiger partial charge in [-0.05, 0) is 56.9 Å². The summed E-state index contributed by atoms with van der Waals surface area (Å²) in [4.78, 5) is 13.2. The lowest BCUT2D eigenvalue weighted by molar-refractivity contribution is 0.138. The number of alkyl halides is 1. The van der Waals surface area contributed by atoms with Crippen LogP contribution in [-0.2, 0) is 0 Å². The Morgan fingerprint density at radius 1 is 1.14 bits per heavy atom. The SMILES string of the molecule is N#Cc1ccc(N2CC(F)[C@@H](CN3CCC(CCN)CC3)C2)c2nccnc12. The fourth-order valence-electron chi connectivity index (χ4n) is 4.61. The fraction of sp³-hybridized carbons (Fsp3) is 0.571. The van der Waals surface area contributed by atoms with E-state index in [0.717, 1.165) is 44.2 Å². The summed E-state index contributed by atoms with van der Waals surface area (Å²) in [5.74, 6) is 0.722. The van der Waals surface area contributed by atoms with Gasteiger partial charge in [-0.1, -0.05) is 0 Å². The predicted molar refractivity (Wildman–Crippen MR) is 108 cm³/mol. The van der Waals surface area contributed by atoms with Crippen LogP contribution in [0.2, 0.25) is 0 Å². The van der Waals surface area contributed by atoms with Crippen molar-refractivity contribution in [2.24, 2.45) is 17.6 Å². The van der Waals surface area contributed by atoms with E-state index < -0.39 is 6.17 Å². The number of halogens is 1. The van der Waals surface area contributed by atoms with E-state index in [1.54, 1.807) is 18.5 Å². The third-order valence-corrected chi connectivity index (χ3v) is 6.20. The van der Waals surface area contributed by atoms with Crippen LogP contribution in [0.4, 0.5) is 10.1 Å². The maximum Gasteiger partial charge on any atom is 0.123 e. The van der Waals surface area contributed by atoms with Crippen LogP contribution in [-0.4, -0.2) is 60.3 Å². The van der Waals surface area contributed by atoms with Gasteiger partial charge in [0.15, 0.2) is 0 Å². The number of hydrogen-bond donors (Lipinski definition) is 1. The number of fused-ring (bicyclic) bond motifs is 1. The first-order chi connectivity index (χ1) is 13.7. The highest BCUT2D eigenvalue weighted by Gasteiger charge is 2.35. The second kappa shape index (κ2) is 8.38. The molecular weight excluding hydrogens is 355 g/mol. The van der Waals surface area contributed by atoms with Crippen LogP contribution in [0.15, 0.2) is 24.5 Å². The van der Waals surface area contributed by atoms with Gasteiger partial charge in [0.05, 0.1) is 11.3 Å². The van der Waals surface area contributed by atoms with Crippen molar-refractivity contribution in [1.82, 2.24) is 14.9 Å². The van der Waals surface area contributed by atoms with E-state index in [1.807, 2.05) is 6.07 Å². The first kappa shape index (κ1) is 19.0. The second-order valence-corrected chi connectivity index (χ2v) is 8.00. The van der Waals surface area contributed by atoms with Crippen molar-refractivity contribution in [2.75, 3.05) is 44.2 Å². The quantitative estimate of drug-likeness (QED) is 0.855. The minimum Gasteiger partial charge on any atom is -0.366 e. The molecular formula is C21H27FN6. The number of nitriles is 1. The third kappa shape index (κ3) is 3.80. The smallest absolute Gasteiger partial charge is 0.123 e. The van der Waals surface area contributed by atoms with Crippen LogP contribution in [0, 0.1) is 23.2 Å². The zero-order valence-electron chi connectivity index (χ0n) is 16.1. The Bertz CT molecular complexity index is 858. The van der Waals surface area contributed by atoms with Crippen molar-refractivity contribution in [3.63, 3.8) is 0 Å². The van der Waals surface area contributed by atoms with Crippen LogP contribution in [0.5, 0.6) is 0 Å². The van der Waals surface area contributed by atoms with Gasteiger partial charge in [0, 0.05) is 37.9 Å². The molecule has 2 aliphatic heterocycles. The zero-order valence-corrected chi connectivity index (χ0v) is 16.1. The Morgan fingerprint density at radius 3 is 2.61 bits per heavy atom. The normalized spacial score (nSPS) is 24.0. The number of rotatable bonds is 5. The van der Waals surface area contributed by atoms with Crippen molar-refractivity contribution in [2.45, 2.75) is 25.4 Å². The van der Waals surface area contributed by atoms with Gasteiger partial charge in [-0.3, -0.25) is 9.97 Å². The summed E-state index contributed by atoms with van der Waals surface area (Å²) in [6, 6.07) is 5.80. The van der Waals surface area contributed by atoms with E-state index in [0.29, 0.717) is 29.7 Å². The minimum atomic E-state index is -0.857. The van der Waals surface area contributed by atoms with Gasteiger partial charge in [0.25, 0.3) is 0 Å². The van der Waals surface area contributed by atoms with Crippen LogP contribution >= 0.6 is 0 Å². The number of anilines is 1. The highest BCUT2D eigenvalue weighted by Crippen LogP contribution is 2.32. The summed E-state index contributed by atoms with van der Waals surface area (Å²) in [5, 5.41) is 9.31.